The molecule has 0 spiro atoms. The zero-order chi connectivity index (χ0) is 13.7. The van der Waals surface area contributed by atoms with Crippen LogP contribution in [0.3, 0.4) is 0 Å². The first kappa shape index (κ1) is 14.5. The molecule has 0 aliphatic heterocycles. The molecule has 1 rings (SSSR count). The third kappa shape index (κ3) is 4.04. The molecule has 4 heteroatoms. The molecule has 1 aromatic rings. The van der Waals surface area contributed by atoms with Crippen molar-refractivity contribution in [2.24, 2.45) is 11.7 Å². The number of hydrogen-bond acceptors (Lipinski definition) is 3. The van der Waals surface area contributed by atoms with Gasteiger partial charge in [0.15, 0.2) is 0 Å². The number of carbonyl (C=O) groups excluding carboxylic acids is 1. The summed E-state index contributed by atoms with van der Waals surface area (Å²) in [6, 6.07) is 7.65. The lowest BCUT2D eigenvalue weighted by Crippen LogP contribution is -2.43. The van der Waals surface area contributed by atoms with Crippen LogP contribution < -0.4 is 16.0 Å². The molecule has 18 heavy (non-hydrogen) atoms. The minimum atomic E-state index is -0.439. The van der Waals surface area contributed by atoms with Crippen LogP contribution in [-0.4, -0.2) is 26.0 Å². The van der Waals surface area contributed by atoms with Crippen molar-refractivity contribution >= 4 is 11.6 Å². The molecule has 0 radical (unpaired) electrons. The maximum Gasteiger partial charge on any atom is 0.237 e. The van der Waals surface area contributed by atoms with Crippen LogP contribution in [0.1, 0.15) is 19.4 Å². The van der Waals surface area contributed by atoms with Gasteiger partial charge < -0.3 is 16.0 Å². The first-order valence-electron chi connectivity index (χ1n) is 6.21. The average Bonchev–Trinajstić information content (AvgIpc) is 2.35. The molecule has 100 valence electrons. The number of nitrogens with one attached hydrogen (secondary N) is 1. The fourth-order valence-corrected chi connectivity index (χ4v) is 1.52. The fraction of sp³-hybridized carbons (Fsp3) is 0.500. The van der Waals surface area contributed by atoms with Crippen LogP contribution in [0.25, 0.3) is 0 Å². The van der Waals surface area contributed by atoms with E-state index in [1.807, 2.05) is 57.1 Å². The predicted octanol–water partition coefficient (Wildman–Crippen LogP) is 1.35. The van der Waals surface area contributed by atoms with Crippen molar-refractivity contribution in [2.45, 2.75) is 26.4 Å². The molecule has 0 unspecified atom stereocenters. The van der Waals surface area contributed by atoms with Gasteiger partial charge in [0.1, 0.15) is 0 Å². The van der Waals surface area contributed by atoms with E-state index < -0.39 is 6.04 Å². The SMILES string of the molecule is CC(C)[C@@H](N)C(=O)NCc1ccc(N(C)C)cc1. The number of rotatable bonds is 5. The number of nitrogens with zero attached hydrogens (tertiary/aromatic N) is 1. The first-order chi connectivity index (χ1) is 8.41. The number of benzene rings is 1. The van der Waals surface area contributed by atoms with E-state index in [-0.39, 0.29) is 11.8 Å². The van der Waals surface area contributed by atoms with Gasteiger partial charge in [-0.25, -0.2) is 0 Å². The molecule has 1 atom stereocenters. The Hall–Kier alpha value is -1.55. The topological polar surface area (TPSA) is 58.4 Å². The van der Waals surface area contributed by atoms with E-state index in [4.69, 9.17) is 5.73 Å². The molecule has 0 heterocycles. The largest absolute Gasteiger partial charge is 0.378 e. The minimum Gasteiger partial charge on any atom is -0.378 e. The summed E-state index contributed by atoms with van der Waals surface area (Å²) < 4.78 is 0. The molecule has 1 amide bonds. The minimum absolute atomic E-state index is 0.0957. The van der Waals surface area contributed by atoms with E-state index in [0.717, 1.165) is 11.3 Å². The van der Waals surface area contributed by atoms with Crippen molar-refractivity contribution in [3.63, 3.8) is 0 Å². The van der Waals surface area contributed by atoms with Gasteiger partial charge in [-0.1, -0.05) is 26.0 Å². The summed E-state index contributed by atoms with van der Waals surface area (Å²) >= 11 is 0. The maximum atomic E-state index is 11.7. The van der Waals surface area contributed by atoms with Crippen LogP contribution in [0.2, 0.25) is 0 Å². The summed E-state index contributed by atoms with van der Waals surface area (Å²) in [6.07, 6.45) is 0. The Morgan fingerprint density at radius 2 is 1.83 bits per heavy atom. The van der Waals surface area contributed by atoms with Crippen LogP contribution in [-0.2, 0) is 11.3 Å². The third-order valence-corrected chi connectivity index (χ3v) is 2.94. The summed E-state index contributed by atoms with van der Waals surface area (Å²) in [7, 11) is 4.00. The molecule has 0 fully saturated rings. The Bertz CT molecular complexity index is 385. The molecule has 0 saturated heterocycles. The lowest BCUT2D eigenvalue weighted by molar-refractivity contribution is -0.123. The Kier molecular flexibility index (Phi) is 5.16. The predicted molar refractivity (Wildman–Crippen MR) is 75.4 cm³/mol. The Morgan fingerprint density at radius 3 is 2.28 bits per heavy atom. The average molecular weight is 249 g/mol. The lowest BCUT2D eigenvalue weighted by atomic mass is 10.0. The smallest absolute Gasteiger partial charge is 0.237 e. The second kappa shape index (κ2) is 6.40. The highest BCUT2D eigenvalue weighted by Gasteiger charge is 2.16. The summed E-state index contributed by atoms with van der Waals surface area (Å²) in [5.41, 5.74) is 7.99. The van der Waals surface area contributed by atoms with Crippen LogP contribution >= 0.6 is 0 Å². The highest BCUT2D eigenvalue weighted by Crippen LogP contribution is 2.12. The molecule has 0 saturated carbocycles. The summed E-state index contributed by atoms with van der Waals surface area (Å²) in [5.74, 6) is 0.0582. The number of amides is 1. The molecule has 4 nitrogen and oxygen atoms in total. The fourth-order valence-electron chi connectivity index (χ4n) is 1.52. The van der Waals surface area contributed by atoms with E-state index in [9.17, 15) is 4.79 Å². The maximum absolute atomic E-state index is 11.7. The van der Waals surface area contributed by atoms with E-state index in [0.29, 0.717) is 6.54 Å². The van der Waals surface area contributed by atoms with Gasteiger partial charge in [-0.2, -0.15) is 0 Å². The quantitative estimate of drug-likeness (QED) is 0.828. The van der Waals surface area contributed by atoms with Crippen molar-refractivity contribution in [1.29, 1.82) is 0 Å². The van der Waals surface area contributed by atoms with Crippen LogP contribution in [0, 0.1) is 5.92 Å². The highest BCUT2D eigenvalue weighted by atomic mass is 16.2. The molecule has 0 aromatic heterocycles. The summed E-state index contributed by atoms with van der Waals surface area (Å²) in [4.78, 5) is 13.7. The van der Waals surface area contributed by atoms with Crippen molar-refractivity contribution in [2.75, 3.05) is 19.0 Å². The van der Waals surface area contributed by atoms with Gasteiger partial charge in [0.2, 0.25) is 5.91 Å². The van der Waals surface area contributed by atoms with E-state index in [2.05, 4.69) is 5.32 Å². The molecule has 1 aromatic carbocycles. The number of carbonyl (C=O) groups is 1. The zero-order valence-corrected chi connectivity index (χ0v) is 11.6. The second-order valence-corrected chi connectivity index (χ2v) is 5.05. The lowest BCUT2D eigenvalue weighted by Gasteiger charge is -2.16. The number of hydrogen-bond donors (Lipinski definition) is 2. The van der Waals surface area contributed by atoms with Crippen molar-refractivity contribution in [3.8, 4) is 0 Å². The van der Waals surface area contributed by atoms with E-state index in [1.165, 1.54) is 0 Å². The Labute approximate surface area is 109 Å². The molecule has 3 N–H and O–H groups in total. The van der Waals surface area contributed by atoms with Crippen LogP contribution in [0.15, 0.2) is 24.3 Å². The van der Waals surface area contributed by atoms with Gasteiger partial charge in [0.05, 0.1) is 6.04 Å². The van der Waals surface area contributed by atoms with Gasteiger partial charge in [0, 0.05) is 26.3 Å². The number of nitrogens with two attached hydrogens (primary N) is 1. The van der Waals surface area contributed by atoms with Gasteiger partial charge >= 0.3 is 0 Å². The van der Waals surface area contributed by atoms with Crippen molar-refractivity contribution in [1.82, 2.24) is 5.32 Å². The third-order valence-electron chi connectivity index (χ3n) is 2.94. The molecule has 0 bridgehead atoms. The normalized spacial score (nSPS) is 12.3. The van der Waals surface area contributed by atoms with Gasteiger partial charge in [-0.3, -0.25) is 4.79 Å². The van der Waals surface area contributed by atoms with Crippen molar-refractivity contribution in [3.05, 3.63) is 29.8 Å². The van der Waals surface area contributed by atoms with E-state index in [1.54, 1.807) is 0 Å². The highest BCUT2D eigenvalue weighted by molar-refractivity contribution is 5.81. The first-order valence-corrected chi connectivity index (χ1v) is 6.21. The summed E-state index contributed by atoms with van der Waals surface area (Å²) in [5, 5.41) is 2.85. The Morgan fingerprint density at radius 1 is 1.28 bits per heavy atom. The monoisotopic (exact) mass is 249 g/mol. The molecular weight excluding hydrogens is 226 g/mol. The van der Waals surface area contributed by atoms with Gasteiger partial charge in [0.25, 0.3) is 0 Å². The zero-order valence-electron chi connectivity index (χ0n) is 11.6. The van der Waals surface area contributed by atoms with Crippen molar-refractivity contribution < 1.29 is 4.79 Å². The summed E-state index contributed by atoms with van der Waals surface area (Å²) in [6.45, 7) is 4.40. The molecular formula is C14H23N3O. The second-order valence-electron chi connectivity index (χ2n) is 5.05. The molecule has 0 aliphatic rings. The van der Waals surface area contributed by atoms with E-state index >= 15 is 0 Å². The Balaban J connectivity index is 2.51. The molecule has 0 aliphatic carbocycles. The van der Waals surface area contributed by atoms with Crippen LogP contribution in [0.4, 0.5) is 5.69 Å². The number of anilines is 1. The standard InChI is InChI=1S/C14H23N3O/c1-10(2)13(15)14(18)16-9-11-5-7-12(8-6-11)17(3)4/h5-8,10,13H,9,15H2,1-4H3,(H,16,18)/t13-/m1/s1. The van der Waals surface area contributed by atoms with Gasteiger partial charge in [-0.05, 0) is 23.6 Å². The van der Waals surface area contributed by atoms with Gasteiger partial charge in [-0.15, -0.1) is 0 Å². The van der Waals surface area contributed by atoms with Crippen LogP contribution in [0.5, 0.6) is 0 Å².